The van der Waals surface area contributed by atoms with Gasteiger partial charge in [-0.05, 0) is 74.5 Å². The van der Waals surface area contributed by atoms with Gasteiger partial charge in [-0.15, -0.1) is 0 Å². The number of carbonyl (C=O) groups excluding carboxylic acids is 2. The molecule has 6 rings (SSSR count). The third-order valence-electron chi connectivity index (χ3n) is 8.00. The molecule has 4 aromatic rings. The number of imide groups is 1. The minimum Gasteiger partial charge on any atom is -0.361 e. The van der Waals surface area contributed by atoms with Gasteiger partial charge in [0.15, 0.2) is 0 Å². The Morgan fingerprint density at radius 2 is 1.37 bits per heavy atom. The fourth-order valence-corrected chi connectivity index (χ4v) is 6.05. The van der Waals surface area contributed by atoms with Gasteiger partial charge in [0.25, 0.3) is 0 Å². The standard InChI is InChI=1S/C29H32N4O2/c34-28-17-23(25-19-31-27-10-4-2-8-22(25)27)29(35)33(28)14-6-5-13-32-15-11-20(12-16-32)24-18-30-26-9-3-1-7-21(24)26/h1-4,7-10,18-20,23,30-31H,5-6,11-17H2. The number of nitrogens with zero attached hydrogens (tertiary/aromatic N) is 2. The molecule has 2 N–H and O–H groups in total. The number of carbonyl (C=O) groups is 2. The van der Waals surface area contributed by atoms with E-state index >= 15 is 0 Å². The predicted octanol–water partition coefficient (Wildman–Crippen LogP) is 5.15. The Kier molecular flexibility index (Phi) is 5.90. The number of para-hydroxylation sites is 2. The number of hydrogen-bond donors (Lipinski definition) is 2. The third-order valence-corrected chi connectivity index (χ3v) is 8.00. The van der Waals surface area contributed by atoms with Gasteiger partial charge in [-0.25, -0.2) is 0 Å². The van der Waals surface area contributed by atoms with E-state index in [0.29, 0.717) is 12.5 Å². The highest BCUT2D eigenvalue weighted by Gasteiger charge is 2.40. The van der Waals surface area contributed by atoms with Crippen LogP contribution in [-0.2, 0) is 9.59 Å². The number of aromatic amines is 2. The van der Waals surface area contributed by atoms with Crippen LogP contribution in [0.15, 0.2) is 60.9 Å². The number of hydrogen-bond acceptors (Lipinski definition) is 3. The van der Waals surface area contributed by atoms with Crippen LogP contribution in [0.3, 0.4) is 0 Å². The van der Waals surface area contributed by atoms with E-state index in [1.165, 1.54) is 34.2 Å². The minimum atomic E-state index is -0.359. The molecule has 180 valence electrons. The second kappa shape index (κ2) is 9.34. The number of unbranched alkanes of at least 4 members (excludes halogenated alkanes) is 1. The van der Waals surface area contributed by atoms with E-state index in [9.17, 15) is 9.59 Å². The smallest absolute Gasteiger partial charge is 0.237 e. The summed E-state index contributed by atoms with van der Waals surface area (Å²) in [6.07, 6.45) is 8.59. The Labute approximate surface area is 205 Å². The molecule has 2 aromatic carbocycles. The molecule has 2 saturated heterocycles. The maximum absolute atomic E-state index is 13.1. The Balaban J connectivity index is 0.983. The Morgan fingerprint density at radius 3 is 2.09 bits per heavy atom. The van der Waals surface area contributed by atoms with Crippen molar-refractivity contribution in [3.8, 4) is 0 Å². The molecule has 6 nitrogen and oxygen atoms in total. The first-order chi connectivity index (χ1) is 17.2. The lowest BCUT2D eigenvalue weighted by Crippen LogP contribution is -2.35. The van der Waals surface area contributed by atoms with Gasteiger partial charge >= 0.3 is 0 Å². The first-order valence-electron chi connectivity index (χ1n) is 12.9. The molecule has 2 aromatic heterocycles. The summed E-state index contributed by atoms with van der Waals surface area (Å²) in [4.78, 5) is 36.4. The molecule has 1 atom stereocenters. The van der Waals surface area contributed by atoms with E-state index in [1.54, 1.807) is 0 Å². The molecule has 0 aliphatic carbocycles. The molecule has 2 aliphatic heterocycles. The fraction of sp³-hybridized carbons (Fsp3) is 0.379. The van der Waals surface area contributed by atoms with Gasteiger partial charge in [0.2, 0.25) is 11.8 Å². The molecular weight excluding hydrogens is 436 g/mol. The molecule has 35 heavy (non-hydrogen) atoms. The second-order valence-corrected chi connectivity index (χ2v) is 10.0. The molecule has 6 heteroatoms. The number of piperidine rings is 1. The highest BCUT2D eigenvalue weighted by atomic mass is 16.2. The van der Waals surface area contributed by atoms with Crippen molar-refractivity contribution >= 4 is 33.6 Å². The number of likely N-dealkylation sites (tertiary alicyclic amines) is 2. The van der Waals surface area contributed by atoms with Crippen LogP contribution in [-0.4, -0.2) is 57.8 Å². The Hall–Kier alpha value is -3.38. The van der Waals surface area contributed by atoms with E-state index in [0.717, 1.165) is 48.9 Å². The number of H-pyrrole nitrogens is 2. The van der Waals surface area contributed by atoms with Gasteiger partial charge in [-0.3, -0.25) is 14.5 Å². The number of nitrogens with one attached hydrogen (secondary N) is 2. The molecular formula is C29H32N4O2. The zero-order valence-corrected chi connectivity index (χ0v) is 20.0. The van der Waals surface area contributed by atoms with Crippen LogP contribution in [0.5, 0.6) is 0 Å². The zero-order chi connectivity index (χ0) is 23.8. The quantitative estimate of drug-likeness (QED) is 0.291. The van der Waals surface area contributed by atoms with Gasteiger partial charge in [0, 0.05) is 47.2 Å². The van der Waals surface area contributed by atoms with E-state index in [4.69, 9.17) is 0 Å². The lowest BCUT2D eigenvalue weighted by atomic mass is 9.89. The van der Waals surface area contributed by atoms with Gasteiger partial charge in [-0.2, -0.15) is 0 Å². The lowest BCUT2D eigenvalue weighted by Gasteiger charge is -2.32. The summed E-state index contributed by atoms with van der Waals surface area (Å²) in [6, 6.07) is 16.5. The largest absolute Gasteiger partial charge is 0.361 e. The van der Waals surface area contributed by atoms with Crippen LogP contribution in [0.25, 0.3) is 21.8 Å². The van der Waals surface area contributed by atoms with Crippen molar-refractivity contribution in [3.05, 3.63) is 72.1 Å². The van der Waals surface area contributed by atoms with Crippen molar-refractivity contribution in [2.45, 2.75) is 43.9 Å². The molecule has 0 bridgehead atoms. The maximum Gasteiger partial charge on any atom is 0.237 e. The van der Waals surface area contributed by atoms with Crippen LogP contribution < -0.4 is 0 Å². The van der Waals surface area contributed by atoms with E-state index < -0.39 is 0 Å². The van der Waals surface area contributed by atoms with Gasteiger partial charge in [-0.1, -0.05) is 36.4 Å². The molecule has 2 amide bonds. The number of aromatic nitrogens is 2. The Bertz CT molecular complexity index is 1360. The summed E-state index contributed by atoms with van der Waals surface area (Å²) in [7, 11) is 0. The normalized spacial score (nSPS) is 20.0. The highest BCUT2D eigenvalue weighted by Crippen LogP contribution is 2.35. The molecule has 2 fully saturated rings. The number of fused-ring (bicyclic) bond motifs is 2. The van der Waals surface area contributed by atoms with Crippen molar-refractivity contribution in [3.63, 3.8) is 0 Å². The van der Waals surface area contributed by atoms with Gasteiger partial charge in [0.1, 0.15) is 0 Å². The summed E-state index contributed by atoms with van der Waals surface area (Å²) >= 11 is 0. The van der Waals surface area contributed by atoms with Crippen molar-refractivity contribution < 1.29 is 9.59 Å². The van der Waals surface area contributed by atoms with Crippen LogP contribution in [0.2, 0.25) is 0 Å². The molecule has 0 radical (unpaired) electrons. The first-order valence-corrected chi connectivity index (χ1v) is 12.9. The Morgan fingerprint density at radius 1 is 0.771 bits per heavy atom. The second-order valence-electron chi connectivity index (χ2n) is 10.0. The average Bonchev–Trinajstić information content (AvgIpc) is 3.58. The predicted molar refractivity (Wildman–Crippen MR) is 138 cm³/mol. The van der Waals surface area contributed by atoms with E-state index in [-0.39, 0.29) is 24.2 Å². The monoisotopic (exact) mass is 468 g/mol. The number of benzene rings is 2. The highest BCUT2D eigenvalue weighted by molar-refractivity contribution is 6.07. The summed E-state index contributed by atoms with van der Waals surface area (Å²) in [5.74, 6) is 0.176. The SMILES string of the molecule is O=C1CC(c2c[nH]c3ccccc23)C(=O)N1CCCCN1CCC(c2c[nH]c3ccccc23)CC1. The third kappa shape index (κ3) is 4.16. The summed E-state index contributed by atoms with van der Waals surface area (Å²) in [5.41, 5.74) is 4.63. The van der Waals surface area contributed by atoms with Crippen molar-refractivity contribution in [2.24, 2.45) is 0 Å². The lowest BCUT2D eigenvalue weighted by molar-refractivity contribution is -0.138. The fourth-order valence-electron chi connectivity index (χ4n) is 6.05. The molecule has 4 heterocycles. The van der Waals surface area contributed by atoms with E-state index in [1.807, 2.05) is 30.5 Å². The molecule has 0 saturated carbocycles. The summed E-state index contributed by atoms with van der Waals surface area (Å²) in [6.45, 7) is 3.77. The van der Waals surface area contributed by atoms with Crippen molar-refractivity contribution in [1.29, 1.82) is 0 Å². The van der Waals surface area contributed by atoms with Crippen LogP contribution in [0, 0.1) is 0 Å². The zero-order valence-electron chi connectivity index (χ0n) is 20.0. The van der Waals surface area contributed by atoms with Crippen LogP contribution >= 0.6 is 0 Å². The van der Waals surface area contributed by atoms with Gasteiger partial charge < -0.3 is 14.9 Å². The average molecular weight is 469 g/mol. The van der Waals surface area contributed by atoms with E-state index in [2.05, 4.69) is 45.3 Å². The topological polar surface area (TPSA) is 72.2 Å². The van der Waals surface area contributed by atoms with Gasteiger partial charge in [0.05, 0.1) is 5.92 Å². The van der Waals surface area contributed by atoms with Crippen molar-refractivity contribution in [1.82, 2.24) is 19.8 Å². The first kappa shape index (κ1) is 22.1. The molecule has 2 aliphatic rings. The molecule has 1 unspecified atom stereocenters. The van der Waals surface area contributed by atoms with Crippen LogP contribution in [0.4, 0.5) is 0 Å². The minimum absolute atomic E-state index is 0.0372. The molecule has 0 spiro atoms. The maximum atomic E-state index is 13.1. The van der Waals surface area contributed by atoms with Crippen molar-refractivity contribution in [2.75, 3.05) is 26.2 Å². The summed E-state index contributed by atoms with van der Waals surface area (Å²) in [5, 5.41) is 2.40. The number of rotatable bonds is 7. The van der Waals surface area contributed by atoms with Crippen LogP contribution in [0.1, 0.15) is 55.1 Å². The summed E-state index contributed by atoms with van der Waals surface area (Å²) < 4.78 is 0. The number of amides is 2.